The minimum absolute atomic E-state index is 0.0906. The molecule has 0 heterocycles. The lowest BCUT2D eigenvalue weighted by molar-refractivity contribution is -0.384. The first-order chi connectivity index (χ1) is 21.9. The van der Waals surface area contributed by atoms with Crippen LogP contribution in [0.15, 0.2) is 108 Å². The van der Waals surface area contributed by atoms with Crippen LogP contribution in [0.25, 0.3) is 0 Å². The summed E-state index contributed by atoms with van der Waals surface area (Å²) in [5, 5.41) is 15.0. The number of sulfonamides is 1. The number of halogens is 2. The second-order valence-electron chi connectivity index (χ2n) is 10.7. The van der Waals surface area contributed by atoms with Crippen LogP contribution in [0.5, 0.6) is 0 Å². The van der Waals surface area contributed by atoms with Crippen LogP contribution >= 0.6 is 23.2 Å². The van der Waals surface area contributed by atoms with Gasteiger partial charge in [0, 0.05) is 31.1 Å². The molecule has 240 valence electrons. The molecule has 0 aromatic heterocycles. The molecule has 0 fully saturated rings. The summed E-state index contributed by atoms with van der Waals surface area (Å²) in [6.45, 7) is 2.70. The molecule has 1 N–H and O–H groups in total. The van der Waals surface area contributed by atoms with Gasteiger partial charge in [0.15, 0.2) is 0 Å². The van der Waals surface area contributed by atoms with E-state index in [1.165, 1.54) is 47.4 Å². The average Bonchev–Trinajstić information content (AvgIpc) is 3.03. The van der Waals surface area contributed by atoms with E-state index in [0.717, 1.165) is 15.9 Å². The molecule has 0 radical (unpaired) electrons. The quantitative estimate of drug-likeness (QED) is 0.131. The van der Waals surface area contributed by atoms with Gasteiger partial charge in [-0.15, -0.1) is 0 Å². The highest BCUT2D eigenvalue weighted by molar-refractivity contribution is 7.92. The lowest BCUT2D eigenvalue weighted by Crippen LogP contribution is -2.54. The molecular formula is C33H32Cl2N4O6S. The van der Waals surface area contributed by atoms with E-state index in [-0.39, 0.29) is 40.3 Å². The summed E-state index contributed by atoms with van der Waals surface area (Å²) in [4.78, 5) is 40.3. The van der Waals surface area contributed by atoms with E-state index in [0.29, 0.717) is 10.6 Å². The predicted octanol–water partition coefficient (Wildman–Crippen LogP) is 6.26. The van der Waals surface area contributed by atoms with Gasteiger partial charge in [-0.1, -0.05) is 83.9 Å². The van der Waals surface area contributed by atoms with E-state index < -0.39 is 39.3 Å². The number of nitro benzene ring substituents is 1. The molecule has 0 spiro atoms. The summed E-state index contributed by atoms with van der Waals surface area (Å²) in [6.07, 6.45) is 0.120. The molecule has 0 saturated heterocycles. The van der Waals surface area contributed by atoms with Crippen molar-refractivity contribution in [2.24, 2.45) is 0 Å². The first kappa shape index (κ1) is 34.4. The van der Waals surface area contributed by atoms with Crippen molar-refractivity contribution in [2.75, 3.05) is 10.8 Å². The number of amides is 2. The maximum absolute atomic E-state index is 14.4. The summed E-state index contributed by atoms with van der Waals surface area (Å²) < 4.78 is 28.9. The molecule has 4 rings (SSSR count). The zero-order valence-electron chi connectivity index (χ0n) is 25.0. The number of hydrogen-bond donors (Lipinski definition) is 1. The van der Waals surface area contributed by atoms with Crippen molar-refractivity contribution in [1.82, 2.24) is 10.2 Å². The number of non-ortho nitro benzene ring substituents is 1. The fraction of sp³-hybridized carbons (Fsp3) is 0.212. The molecule has 2 amide bonds. The number of carbonyl (C=O) groups excluding carboxylic acids is 2. The van der Waals surface area contributed by atoms with Gasteiger partial charge >= 0.3 is 0 Å². The Morgan fingerprint density at radius 3 is 2.11 bits per heavy atom. The minimum Gasteiger partial charge on any atom is -0.352 e. The lowest BCUT2D eigenvalue weighted by atomic mass is 10.0. The Morgan fingerprint density at radius 1 is 0.848 bits per heavy atom. The molecule has 0 aliphatic heterocycles. The lowest BCUT2D eigenvalue weighted by Gasteiger charge is -2.34. The van der Waals surface area contributed by atoms with E-state index in [2.05, 4.69) is 5.32 Å². The molecule has 1 unspecified atom stereocenters. The number of hydrogen-bond acceptors (Lipinski definition) is 6. The molecule has 10 nitrogen and oxygen atoms in total. The molecule has 0 aliphatic carbocycles. The van der Waals surface area contributed by atoms with Crippen LogP contribution in [0.2, 0.25) is 10.0 Å². The average molecular weight is 684 g/mol. The standard InChI is InChI=1S/C33H32Cl2N4O6S/c1-23(2)36-33(41)31(19-24-10-5-3-6-11-24)37(21-25-16-17-29(34)30(35)18-25)32(40)22-38(26-12-9-13-27(20-26)39(42)43)46(44,45)28-14-7-4-8-15-28/h3-18,20,23,31H,19,21-22H2,1-2H3,(H,36,41). The van der Waals surface area contributed by atoms with Gasteiger partial charge in [-0.2, -0.15) is 0 Å². The van der Waals surface area contributed by atoms with Crippen molar-refractivity contribution in [1.29, 1.82) is 0 Å². The third-order valence-electron chi connectivity index (χ3n) is 6.98. The van der Waals surface area contributed by atoms with E-state index in [4.69, 9.17) is 23.2 Å². The van der Waals surface area contributed by atoms with Crippen molar-refractivity contribution in [3.8, 4) is 0 Å². The Hall–Kier alpha value is -4.45. The zero-order chi connectivity index (χ0) is 33.4. The summed E-state index contributed by atoms with van der Waals surface area (Å²) in [7, 11) is -4.41. The van der Waals surface area contributed by atoms with Crippen LogP contribution in [0.4, 0.5) is 11.4 Å². The molecule has 46 heavy (non-hydrogen) atoms. The number of benzene rings is 4. The first-order valence-corrected chi connectivity index (χ1v) is 16.5. The fourth-order valence-electron chi connectivity index (χ4n) is 4.78. The second-order valence-corrected chi connectivity index (χ2v) is 13.4. The number of carbonyl (C=O) groups is 2. The maximum atomic E-state index is 14.4. The number of nitrogens with zero attached hydrogens (tertiary/aromatic N) is 3. The molecule has 4 aromatic carbocycles. The van der Waals surface area contributed by atoms with Crippen LogP contribution in [0, 0.1) is 10.1 Å². The molecule has 0 saturated carbocycles. The van der Waals surface area contributed by atoms with Crippen molar-refractivity contribution in [2.45, 2.75) is 43.8 Å². The molecule has 4 aromatic rings. The van der Waals surface area contributed by atoms with Crippen LogP contribution in [0.1, 0.15) is 25.0 Å². The summed E-state index contributed by atoms with van der Waals surface area (Å²) in [5.41, 5.74) is 0.869. The van der Waals surface area contributed by atoms with E-state index in [1.807, 2.05) is 30.3 Å². The van der Waals surface area contributed by atoms with Crippen LogP contribution < -0.4 is 9.62 Å². The van der Waals surface area contributed by atoms with E-state index in [1.54, 1.807) is 38.1 Å². The Bertz CT molecular complexity index is 1810. The van der Waals surface area contributed by atoms with Crippen molar-refractivity contribution in [3.05, 3.63) is 134 Å². The Balaban J connectivity index is 1.84. The van der Waals surface area contributed by atoms with Gasteiger partial charge in [0.1, 0.15) is 12.6 Å². The zero-order valence-corrected chi connectivity index (χ0v) is 27.4. The SMILES string of the molecule is CC(C)NC(=O)C(Cc1ccccc1)N(Cc1ccc(Cl)c(Cl)c1)C(=O)CN(c1cccc([N+](=O)[O-])c1)S(=O)(=O)c1ccccc1. The molecule has 0 aliphatic rings. The van der Waals surface area contributed by atoms with Crippen molar-refractivity contribution >= 4 is 56.4 Å². The van der Waals surface area contributed by atoms with Gasteiger partial charge in [0.05, 0.1) is 25.6 Å². The number of nitro groups is 1. The van der Waals surface area contributed by atoms with Crippen molar-refractivity contribution in [3.63, 3.8) is 0 Å². The monoisotopic (exact) mass is 682 g/mol. The fourth-order valence-corrected chi connectivity index (χ4v) is 6.53. The van der Waals surface area contributed by atoms with Crippen LogP contribution in [-0.4, -0.2) is 48.7 Å². The number of rotatable bonds is 13. The maximum Gasteiger partial charge on any atom is 0.271 e. The van der Waals surface area contributed by atoms with Gasteiger partial charge in [-0.25, -0.2) is 8.42 Å². The smallest absolute Gasteiger partial charge is 0.271 e. The largest absolute Gasteiger partial charge is 0.352 e. The van der Waals surface area contributed by atoms with Crippen molar-refractivity contribution < 1.29 is 22.9 Å². The Morgan fingerprint density at radius 2 is 1.50 bits per heavy atom. The Labute approximate surface area is 277 Å². The second kappa shape index (κ2) is 15.2. The van der Waals surface area contributed by atoms with Gasteiger partial charge in [-0.05, 0) is 55.3 Å². The van der Waals surface area contributed by atoms with Crippen LogP contribution in [-0.2, 0) is 32.6 Å². The summed E-state index contributed by atoms with van der Waals surface area (Å²) in [5.74, 6) is -1.17. The third kappa shape index (κ3) is 8.63. The van der Waals surface area contributed by atoms with E-state index >= 15 is 0 Å². The van der Waals surface area contributed by atoms with Crippen LogP contribution in [0.3, 0.4) is 0 Å². The Kier molecular flexibility index (Phi) is 11.4. The summed E-state index contributed by atoms with van der Waals surface area (Å²) >= 11 is 12.4. The molecule has 0 bridgehead atoms. The van der Waals surface area contributed by atoms with Gasteiger partial charge < -0.3 is 10.2 Å². The number of nitrogens with one attached hydrogen (secondary N) is 1. The highest BCUT2D eigenvalue weighted by Crippen LogP contribution is 2.29. The highest BCUT2D eigenvalue weighted by Gasteiger charge is 2.35. The van der Waals surface area contributed by atoms with Gasteiger partial charge in [0.2, 0.25) is 11.8 Å². The highest BCUT2D eigenvalue weighted by atomic mass is 35.5. The summed E-state index contributed by atoms with van der Waals surface area (Å²) in [6, 6.07) is 25.0. The molecule has 13 heteroatoms. The predicted molar refractivity (Wildman–Crippen MR) is 178 cm³/mol. The third-order valence-corrected chi connectivity index (χ3v) is 9.50. The molecule has 1 atom stereocenters. The number of anilines is 1. The van der Waals surface area contributed by atoms with Gasteiger partial charge in [0.25, 0.3) is 15.7 Å². The topological polar surface area (TPSA) is 130 Å². The molecular weight excluding hydrogens is 651 g/mol. The minimum atomic E-state index is -4.41. The van der Waals surface area contributed by atoms with Gasteiger partial charge in [-0.3, -0.25) is 24.0 Å². The van der Waals surface area contributed by atoms with E-state index in [9.17, 15) is 28.1 Å². The normalized spacial score (nSPS) is 11.9. The first-order valence-electron chi connectivity index (χ1n) is 14.3.